The Kier molecular flexibility index (Phi) is 3.72. The Balaban J connectivity index is 2.05. The first-order valence-corrected chi connectivity index (χ1v) is 7.14. The molecular weight excluding hydrogens is 248 g/mol. The van der Waals surface area contributed by atoms with Gasteiger partial charge in [-0.15, -0.1) is 0 Å². The van der Waals surface area contributed by atoms with Crippen molar-refractivity contribution in [1.29, 1.82) is 0 Å². The van der Waals surface area contributed by atoms with Crippen LogP contribution in [0.25, 0.3) is 22.4 Å². The van der Waals surface area contributed by atoms with Crippen molar-refractivity contribution in [2.45, 2.75) is 32.6 Å². The molecule has 0 aliphatic rings. The van der Waals surface area contributed by atoms with E-state index in [0.29, 0.717) is 5.82 Å². The fourth-order valence-corrected chi connectivity index (χ4v) is 2.37. The monoisotopic (exact) mass is 266 g/mol. The average Bonchev–Trinajstić information content (AvgIpc) is 3.01. The fraction of sp³-hybridized carbons (Fsp3) is 0.312. The van der Waals surface area contributed by atoms with Gasteiger partial charge in [0.1, 0.15) is 5.69 Å². The van der Waals surface area contributed by atoms with Gasteiger partial charge in [0.15, 0.2) is 5.82 Å². The van der Waals surface area contributed by atoms with Gasteiger partial charge >= 0.3 is 0 Å². The van der Waals surface area contributed by atoms with Crippen molar-refractivity contribution in [3.8, 4) is 11.5 Å². The second kappa shape index (κ2) is 5.82. The van der Waals surface area contributed by atoms with E-state index in [2.05, 4.69) is 28.2 Å². The van der Waals surface area contributed by atoms with Gasteiger partial charge in [0.25, 0.3) is 0 Å². The van der Waals surface area contributed by atoms with Crippen LogP contribution in [0.4, 0.5) is 0 Å². The molecule has 2 heterocycles. The Morgan fingerprint density at radius 1 is 1.05 bits per heavy atom. The van der Waals surface area contributed by atoms with E-state index in [0.717, 1.165) is 35.1 Å². The Morgan fingerprint density at radius 3 is 2.75 bits per heavy atom. The molecule has 0 saturated carbocycles. The maximum Gasteiger partial charge on any atom is 0.180 e. The molecular formula is C16H18N4. The lowest BCUT2D eigenvalue weighted by molar-refractivity contribution is 0.710. The van der Waals surface area contributed by atoms with Crippen LogP contribution in [0, 0.1) is 0 Å². The van der Waals surface area contributed by atoms with Crippen molar-refractivity contribution in [2.75, 3.05) is 0 Å². The van der Waals surface area contributed by atoms with Crippen molar-refractivity contribution in [1.82, 2.24) is 20.2 Å². The molecule has 0 radical (unpaired) electrons. The van der Waals surface area contributed by atoms with Crippen molar-refractivity contribution in [3.05, 3.63) is 42.2 Å². The predicted octanol–water partition coefficient (Wildman–Crippen LogP) is 3.75. The minimum absolute atomic E-state index is 0.705. The number of fused-ring (bicyclic) bond motifs is 1. The highest BCUT2D eigenvalue weighted by molar-refractivity contribution is 5.82. The molecule has 0 spiro atoms. The van der Waals surface area contributed by atoms with Crippen LogP contribution in [-0.4, -0.2) is 20.2 Å². The summed E-state index contributed by atoms with van der Waals surface area (Å²) >= 11 is 0. The molecule has 20 heavy (non-hydrogen) atoms. The van der Waals surface area contributed by atoms with Crippen molar-refractivity contribution < 1.29 is 0 Å². The molecule has 0 saturated heterocycles. The van der Waals surface area contributed by atoms with Crippen molar-refractivity contribution >= 4 is 10.9 Å². The molecule has 2 aromatic heterocycles. The van der Waals surface area contributed by atoms with Gasteiger partial charge in [-0.2, -0.15) is 5.10 Å². The number of hydrogen-bond donors (Lipinski definition) is 1. The quantitative estimate of drug-likeness (QED) is 0.715. The SMILES string of the molecule is CCCCCc1nc(-c2cc[nH]n2)nc2ccccc12. The number of rotatable bonds is 5. The molecule has 1 N–H and O–H groups in total. The first-order valence-electron chi connectivity index (χ1n) is 7.14. The van der Waals surface area contributed by atoms with E-state index >= 15 is 0 Å². The Hall–Kier alpha value is -2.23. The molecule has 0 amide bonds. The first kappa shape index (κ1) is 12.8. The van der Waals surface area contributed by atoms with E-state index < -0.39 is 0 Å². The second-order valence-electron chi connectivity index (χ2n) is 4.93. The summed E-state index contributed by atoms with van der Waals surface area (Å²) in [7, 11) is 0. The van der Waals surface area contributed by atoms with Crippen LogP contribution in [0.5, 0.6) is 0 Å². The number of aromatic amines is 1. The summed E-state index contributed by atoms with van der Waals surface area (Å²) < 4.78 is 0. The standard InChI is InChI=1S/C16H18N4/c1-2-3-4-8-13-12-7-5-6-9-14(12)19-16(18-13)15-10-11-17-20-15/h5-7,9-11H,2-4,8H2,1H3,(H,17,20). The Bertz CT molecular complexity index is 689. The van der Waals surface area contributed by atoms with Crippen molar-refractivity contribution in [2.24, 2.45) is 0 Å². The molecule has 0 fully saturated rings. The van der Waals surface area contributed by atoms with E-state index in [4.69, 9.17) is 4.98 Å². The zero-order valence-electron chi connectivity index (χ0n) is 11.6. The normalized spacial score (nSPS) is 11.1. The molecule has 4 nitrogen and oxygen atoms in total. The third-order valence-corrected chi connectivity index (χ3v) is 3.43. The highest BCUT2D eigenvalue weighted by Crippen LogP contribution is 2.21. The van der Waals surface area contributed by atoms with Gasteiger partial charge < -0.3 is 0 Å². The van der Waals surface area contributed by atoms with E-state index in [9.17, 15) is 0 Å². The number of aryl methyl sites for hydroxylation is 1. The van der Waals surface area contributed by atoms with Gasteiger partial charge in [-0.3, -0.25) is 5.10 Å². The average molecular weight is 266 g/mol. The van der Waals surface area contributed by atoms with E-state index in [-0.39, 0.29) is 0 Å². The number of H-pyrrole nitrogens is 1. The molecule has 3 rings (SSSR count). The molecule has 0 bridgehead atoms. The van der Waals surface area contributed by atoms with Gasteiger partial charge in [-0.1, -0.05) is 38.0 Å². The lowest BCUT2D eigenvalue weighted by atomic mass is 10.1. The summed E-state index contributed by atoms with van der Waals surface area (Å²) in [4.78, 5) is 9.33. The number of nitrogens with one attached hydrogen (secondary N) is 1. The molecule has 1 aromatic carbocycles. The topological polar surface area (TPSA) is 54.5 Å². The maximum absolute atomic E-state index is 4.72. The van der Waals surface area contributed by atoms with Gasteiger partial charge in [-0.25, -0.2) is 9.97 Å². The lowest BCUT2D eigenvalue weighted by Gasteiger charge is -2.07. The predicted molar refractivity (Wildman–Crippen MR) is 80.3 cm³/mol. The van der Waals surface area contributed by atoms with Gasteiger partial charge in [0.05, 0.1) is 11.2 Å². The van der Waals surface area contributed by atoms with Crippen LogP contribution in [0.3, 0.4) is 0 Å². The van der Waals surface area contributed by atoms with Gasteiger partial charge in [-0.05, 0) is 25.0 Å². The summed E-state index contributed by atoms with van der Waals surface area (Å²) in [5.41, 5.74) is 2.92. The first-order chi connectivity index (χ1) is 9.88. The third kappa shape index (κ3) is 2.54. The summed E-state index contributed by atoms with van der Waals surface area (Å²) in [6, 6.07) is 10.1. The zero-order chi connectivity index (χ0) is 13.8. The summed E-state index contributed by atoms with van der Waals surface area (Å²) in [6.45, 7) is 2.22. The van der Waals surface area contributed by atoms with E-state index in [1.807, 2.05) is 24.3 Å². The number of hydrogen-bond acceptors (Lipinski definition) is 3. The molecule has 4 heteroatoms. The van der Waals surface area contributed by atoms with Gasteiger partial charge in [0, 0.05) is 11.6 Å². The minimum atomic E-state index is 0.705. The second-order valence-corrected chi connectivity index (χ2v) is 4.93. The molecule has 0 aliphatic carbocycles. The van der Waals surface area contributed by atoms with Crippen LogP contribution in [0.1, 0.15) is 31.9 Å². The fourth-order valence-electron chi connectivity index (χ4n) is 2.37. The van der Waals surface area contributed by atoms with Crippen LogP contribution < -0.4 is 0 Å². The van der Waals surface area contributed by atoms with E-state index in [1.165, 1.54) is 12.8 Å². The summed E-state index contributed by atoms with van der Waals surface area (Å²) in [5.74, 6) is 0.705. The molecule has 0 aliphatic heterocycles. The largest absolute Gasteiger partial charge is 0.285 e. The number of aromatic nitrogens is 4. The van der Waals surface area contributed by atoms with Crippen LogP contribution in [0.2, 0.25) is 0 Å². The van der Waals surface area contributed by atoms with Crippen LogP contribution in [0.15, 0.2) is 36.5 Å². The van der Waals surface area contributed by atoms with Gasteiger partial charge in [0.2, 0.25) is 0 Å². The van der Waals surface area contributed by atoms with Crippen molar-refractivity contribution in [3.63, 3.8) is 0 Å². The lowest BCUT2D eigenvalue weighted by Crippen LogP contribution is -1.99. The third-order valence-electron chi connectivity index (χ3n) is 3.43. The smallest absolute Gasteiger partial charge is 0.180 e. The summed E-state index contributed by atoms with van der Waals surface area (Å²) in [5, 5.41) is 8.15. The highest BCUT2D eigenvalue weighted by Gasteiger charge is 2.10. The Labute approximate surface area is 118 Å². The number of unbranched alkanes of at least 4 members (excludes halogenated alkanes) is 2. The van der Waals surface area contributed by atoms with E-state index in [1.54, 1.807) is 6.20 Å². The molecule has 3 aromatic rings. The molecule has 0 atom stereocenters. The Morgan fingerprint density at radius 2 is 1.95 bits per heavy atom. The zero-order valence-corrected chi connectivity index (χ0v) is 11.6. The number of nitrogens with zero attached hydrogens (tertiary/aromatic N) is 3. The highest BCUT2D eigenvalue weighted by atomic mass is 15.1. The molecule has 0 unspecified atom stereocenters. The van der Waals surface area contributed by atoms with Crippen LogP contribution >= 0.6 is 0 Å². The molecule has 102 valence electrons. The minimum Gasteiger partial charge on any atom is -0.285 e. The summed E-state index contributed by atoms with van der Waals surface area (Å²) in [6.07, 6.45) is 6.40. The van der Waals surface area contributed by atoms with Crippen LogP contribution in [-0.2, 0) is 6.42 Å². The maximum atomic E-state index is 4.72. The number of benzene rings is 1. The number of para-hydroxylation sites is 1.